The van der Waals surface area contributed by atoms with E-state index in [0.29, 0.717) is 0 Å². The summed E-state index contributed by atoms with van der Waals surface area (Å²) in [6.45, 7) is 6.47. The molecule has 0 aliphatic heterocycles. The monoisotopic (exact) mass is 688 g/mol. The van der Waals surface area contributed by atoms with Crippen molar-refractivity contribution in [3.05, 3.63) is 160 Å². The van der Waals surface area contributed by atoms with E-state index in [0.717, 1.165) is 42.1 Å². The first-order valence-corrected chi connectivity index (χ1v) is 18.9. The summed E-state index contributed by atoms with van der Waals surface area (Å²) in [5.41, 5.74) is 14.4. The van der Waals surface area contributed by atoms with Gasteiger partial charge in [0.15, 0.2) is 0 Å². The number of thiophene rings is 1. The normalized spacial score (nSPS) is 14.7. The Labute approximate surface area is 306 Å². The van der Waals surface area contributed by atoms with E-state index >= 15 is 0 Å². The fourth-order valence-electron chi connectivity index (χ4n) is 8.09. The van der Waals surface area contributed by atoms with Gasteiger partial charge < -0.3 is 8.98 Å². The molecule has 10 rings (SSSR count). The SMILES string of the molecule is C=c1c2c(o/c1=C/C=C(\C)c1cccc(-c3cccc(-c4ccc5sc6c(c5c4)C=C(n4c5ccccc5c5ccncc54)CC6)c3)c1)C=CCC2. The van der Waals surface area contributed by atoms with Crippen LogP contribution in [-0.4, -0.2) is 9.55 Å². The Hall–Kier alpha value is -5.97. The van der Waals surface area contributed by atoms with Crippen LogP contribution in [-0.2, 0) is 12.8 Å². The Morgan fingerprint density at radius 3 is 2.50 bits per heavy atom. The second kappa shape index (κ2) is 12.4. The van der Waals surface area contributed by atoms with Gasteiger partial charge in [-0.25, -0.2) is 0 Å². The predicted molar refractivity (Wildman–Crippen MR) is 221 cm³/mol. The maximum absolute atomic E-state index is 6.12. The first kappa shape index (κ1) is 30.8. The zero-order valence-electron chi connectivity index (χ0n) is 29.0. The zero-order valence-corrected chi connectivity index (χ0v) is 29.8. The Balaban J connectivity index is 0.992. The topological polar surface area (TPSA) is 31.0 Å². The number of benzene rings is 4. The van der Waals surface area contributed by atoms with Crippen molar-refractivity contribution in [1.82, 2.24) is 9.55 Å². The van der Waals surface area contributed by atoms with Gasteiger partial charge in [0, 0.05) is 48.4 Å². The molecule has 0 spiro atoms. The molecule has 0 bridgehead atoms. The Bertz CT molecular complexity index is 2890. The quantitative estimate of drug-likeness (QED) is 0.180. The van der Waals surface area contributed by atoms with Crippen LogP contribution >= 0.6 is 11.3 Å². The van der Waals surface area contributed by atoms with Gasteiger partial charge in [0.2, 0.25) is 0 Å². The largest absolute Gasteiger partial charge is 0.456 e. The summed E-state index contributed by atoms with van der Waals surface area (Å²) >= 11 is 1.94. The highest BCUT2D eigenvalue weighted by molar-refractivity contribution is 7.19. The van der Waals surface area contributed by atoms with Crippen molar-refractivity contribution in [1.29, 1.82) is 0 Å². The molecular formula is C48H36N2OS. The first-order valence-electron chi connectivity index (χ1n) is 18.1. The van der Waals surface area contributed by atoms with Crippen molar-refractivity contribution in [3.8, 4) is 22.3 Å². The Morgan fingerprint density at radius 1 is 0.808 bits per heavy atom. The molecule has 0 radical (unpaired) electrons. The number of fused-ring (bicyclic) bond motifs is 7. The standard InChI is InChI=1S/C48H36N2OS/c1-30(17-20-45-31(2)38-13-4-6-16-46(38)51-45)32-9-7-10-33(25-32)34-11-8-12-35(26-34)36-18-21-47-41(27-36)42-28-37(19-22-48(42)52-47)50-43-15-5-3-14-39(43)40-23-24-49-29-44(40)50/h3,5-12,14-18,20-21,23-29H,2,4,13,19,22H2,1H3/b30-17+,45-20+. The molecule has 4 heteroatoms. The molecule has 0 saturated carbocycles. The van der Waals surface area contributed by atoms with Crippen LogP contribution in [0.15, 0.2) is 126 Å². The average Bonchev–Trinajstić information content (AvgIpc) is 3.85. The summed E-state index contributed by atoms with van der Waals surface area (Å²) in [6.07, 6.45) is 18.9. The number of para-hydroxylation sites is 1. The van der Waals surface area contributed by atoms with Crippen LogP contribution in [0, 0.1) is 0 Å². The smallest absolute Gasteiger partial charge is 0.134 e. The minimum atomic E-state index is 0.847. The van der Waals surface area contributed by atoms with Gasteiger partial charge in [-0.1, -0.05) is 79.4 Å². The van der Waals surface area contributed by atoms with Gasteiger partial charge in [0.1, 0.15) is 11.2 Å². The summed E-state index contributed by atoms with van der Waals surface area (Å²) in [5, 5.41) is 4.86. The second-order valence-corrected chi connectivity index (χ2v) is 15.1. The number of furan rings is 1. The van der Waals surface area contributed by atoms with Crippen molar-refractivity contribution in [2.24, 2.45) is 0 Å². The van der Waals surface area contributed by atoms with E-state index in [1.165, 1.54) is 87.0 Å². The van der Waals surface area contributed by atoms with Crippen LogP contribution in [0.25, 0.3) is 90.2 Å². The number of hydrogen-bond acceptors (Lipinski definition) is 3. The minimum Gasteiger partial charge on any atom is -0.456 e. The van der Waals surface area contributed by atoms with Gasteiger partial charge in [-0.2, -0.15) is 0 Å². The summed E-state index contributed by atoms with van der Waals surface area (Å²) in [4.78, 5) is 5.98. The highest BCUT2D eigenvalue weighted by Crippen LogP contribution is 2.42. The molecular weight excluding hydrogens is 653 g/mol. The molecule has 0 fully saturated rings. The number of aryl methyl sites for hydroxylation is 1. The summed E-state index contributed by atoms with van der Waals surface area (Å²) in [6, 6.07) is 35.6. The number of nitrogens with zero attached hydrogens (tertiary/aromatic N) is 2. The third kappa shape index (κ3) is 5.13. The van der Waals surface area contributed by atoms with Crippen LogP contribution in [0.3, 0.4) is 0 Å². The molecule has 3 nitrogen and oxygen atoms in total. The lowest BCUT2D eigenvalue weighted by Crippen LogP contribution is -2.21. The molecule has 8 aromatic rings. The molecule has 52 heavy (non-hydrogen) atoms. The highest BCUT2D eigenvalue weighted by atomic mass is 32.1. The molecule has 2 aliphatic rings. The fourth-order valence-corrected chi connectivity index (χ4v) is 9.26. The zero-order chi connectivity index (χ0) is 34.8. The van der Waals surface area contributed by atoms with E-state index in [4.69, 9.17) is 4.42 Å². The molecule has 0 N–H and O–H groups in total. The van der Waals surface area contributed by atoms with Crippen LogP contribution in [0.4, 0.5) is 0 Å². The first-order chi connectivity index (χ1) is 25.6. The number of pyridine rings is 1. The fraction of sp³-hybridized carbons (Fsp3) is 0.104. The van der Waals surface area contributed by atoms with E-state index in [2.05, 4.69) is 150 Å². The van der Waals surface area contributed by atoms with Crippen molar-refractivity contribution in [3.63, 3.8) is 0 Å². The van der Waals surface area contributed by atoms with Gasteiger partial charge >= 0.3 is 0 Å². The summed E-state index contributed by atoms with van der Waals surface area (Å²) < 4.78 is 9.89. The molecule has 0 unspecified atom stereocenters. The molecule has 250 valence electrons. The van der Waals surface area contributed by atoms with Crippen molar-refractivity contribution < 1.29 is 4.42 Å². The summed E-state index contributed by atoms with van der Waals surface area (Å²) in [5.74, 6) is 0.951. The van der Waals surface area contributed by atoms with Crippen LogP contribution in [0.2, 0.25) is 0 Å². The molecule has 4 aromatic heterocycles. The summed E-state index contributed by atoms with van der Waals surface area (Å²) in [7, 11) is 0. The lowest BCUT2D eigenvalue weighted by Gasteiger charge is -2.17. The highest BCUT2D eigenvalue weighted by Gasteiger charge is 2.21. The Kier molecular flexibility index (Phi) is 7.33. The molecule has 4 aromatic carbocycles. The second-order valence-electron chi connectivity index (χ2n) is 13.9. The van der Waals surface area contributed by atoms with Gasteiger partial charge in [0.05, 0.1) is 17.2 Å². The molecule has 2 aliphatic carbocycles. The maximum Gasteiger partial charge on any atom is 0.134 e. The molecule has 0 amide bonds. The van der Waals surface area contributed by atoms with E-state index in [1.807, 2.05) is 23.7 Å². The average molecular weight is 689 g/mol. The van der Waals surface area contributed by atoms with Gasteiger partial charge in [-0.3, -0.25) is 4.98 Å². The van der Waals surface area contributed by atoms with Crippen LogP contribution < -0.4 is 10.6 Å². The van der Waals surface area contributed by atoms with Crippen LogP contribution in [0.1, 0.15) is 47.1 Å². The molecule has 0 saturated heterocycles. The third-order valence-electron chi connectivity index (χ3n) is 10.8. The minimum absolute atomic E-state index is 0.847. The number of allylic oxidation sites excluding steroid dienone is 4. The van der Waals surface area contributed by atoms with E-state index in [9.17, 15) is 0 Å². The van der Waals surface area contributed by atoms with E-state index in [-0.39, 0.29) is 0 Å². The van der Waals surface area contributed by atoms with E-state index < -0.39 is 0 Å². The van der Waals surface area contributed by atoms with Crippen molar-refractivity contribution in [2.75, 3.05) is 0 Å². The number of aromatic nitrogens is 2. The molecule has 0 atom stereocenters. The lowest BCUT2D eigenvalue weighted by molar-refractivity contribution is 0.518. The van der Waals surface area contributed by atoms with E-state index in [1.54, 1.807) is 0 Å². The third-order valence-corrected chi connectivity index (χ3v) is 12.1. The van der Waals surface area contributed by atoms with Crippen molar-refractivity contribution in [2.45, 2.75) is 32.6 Å². The van der Waals surface area contributed by atoms with Gasteiger partial charge in [-0.15, -0.1) is 11.3 Å². The van der Waals surface area contributed by atoms with Gasteiger partial charge in [0.25, 0.3) is 0 Å². The van der Waals surface area contributed by atoms with Gasteiger partial charge in [-0.05, 0) is 126 Å². The number of rotatable bonds is 5. The lowest BCUT2D eigenvalue weighted by atomic mass is 9.95. The maximum atomic E-state index is 6.12. The van der Waals surface area contributed by atoms with Crippen molar-refractivity contribution >= 4 is 79.3 Å². The Morgan fingerprint density at radius 2 is 1.62 bits per heavy atom. The van der Waals surface area contributed by atoms with Crippen LogP contribution in [0.5, 0.6) is 0 Å². The predicted octanol–water partition coefficient (Wildman–Crippen LogP) is 11.5. The molecule has 4 heterocycles. The number of hydrogen-bond donors (Lipinski definition) is 0.